The quantitative estimate of drug-likeness (QED) is 0.878. The molecule has 0 unspecified atom stereocenters. The summed E-state index contributed by atoms with van der Waals surface area (Å²) in [5.41, 5.74) is 1.73. The minimum Gasteiger partial charge on any atom is -0.495 e. The van der Waals surface area contributed by atoms with Gasteiger partial charge in [0, 0.05) is 26.2 Å². The zero-order valence-electron chi connectivity index (χ0n) is 12.6. The van der Waals surface area contributed by atoms with Crippen LogP contribution in [0.25, 0.3) is 0 Å². The number of rotatable bonds is 5. The Kier molecular flexibility index (Phi) is 6.00. The van der Waals surface area contributed by atoms with Gasteiger partial charge in [0.1, 0.15) is 11.8 Å². The SMILES string of the molecule is COc1ccc(CN2CCCN(CCO)CC2)cc1C#N. The molecule has 114 valence electrons. The molecule has 0 radical (unpaired) electrons. The molecule has 1 saturated heterocycles. The third kappa shape index (κ3) is 4.43. The third-order valence-electron chi connectivity index (χ3n) is 3.89. The largest absolute Gasteiger partial charge is 0.495 e. The van der Waals surface area contributed by atoms with Crippen LogP contribution in [0.4, 0.5) is 0 Å². The summed E-state index contributed by atoms with van der Waals surface area (Å²) in [5.74, 6) is 0.631. The number of ether oxygens (including phenoxy) is 1. The molecule has 0 atom stereocenters. The van der Waals surface area contributed by atoms with Gasteiger partial charge in [-0.2, -0.15) is 5.26 Å². The molecular weight excluding hydrogens is 266 g/mol. The van der Waals surface area contributed by atoms with E-state index in [4.69, 9.17) is 15.1 Å². The molecule has 1 aliphatic heterocycles. The maximum absolute atomic E-state index is 9.14. The zero-order valence-corrected chi connectivity index (χ0v) is 12.6. The summed E-state index contributed by atoms with van der Waals surface area (Å²) in [6.45, 7) is 5.92. The first-order chi connectivity index (χ1) is 10.3. The fraction of sp³-hybridized carbons (Fsp3) is 0.562. The average Bonchev–Trinajstić information content (AvgIpc) is 2.73. The van der Waals surface area contributed by atoms with Crippen molar-refractivity contribution in [1.29, 1.82) is 5.26 Å². The van der Waals surface area contributed by atoms with Crippen LogP contribution >= 0.6 is 0 Å². The van der Waals surface area contributed by atoms with Crippen LogP contribution < -0.4 is 4.74 Å². The van der Waals surface area contributed by atoms with Crippen LogP contribution in [0, 0.1) is 11.3 Å². The molecule has 1 aromatic rings. The van der Waals surface area contributed by atoms with Crippen LogP contribution in [0.1, 0.15) is 17.5 Å². The molecule has 1 fully saturated rings. The molecule has 5 heteroatoms. The molecule has 0 bridgehead atoms. The number of β-amino-alcohol motifs (C(OH)–C–C–N with tert-alkyl or cyclic N) is 1. The van der Waals surface area contributed by atoms with E-state index in [1.54, 1.807) is 7.11 Å². The van der Waals surface area contributed by atoms with Crippen molar-refractivity contribution in [2.45, 2.75) is 13.0 Å². The Morgan fingerprint density at radius 1 is 1.24 bits per heavy atom. The molecule has 0 saturated carbocycles. The van der Waals surface area contributed by atoms with Crippen LogP contribution in [0.5, 0.6) is 5.75 Å². The molecule has 0 spiro atoms. The molecule has 21 heavy (non-hydrogen) atoms. The van der Waals surface area contributed by atoms with Crippen LogP contribution in [0.2, 0.25) is 0 Å². The Bertz CT molecular complexity index is 499. The van der Waals surface area contributed by atoms with Gasteiger partial charge < -0.3 is 9.84 Å². The first-order valence-corrected chi connectivity index (χ1v) is 7.39. The second-order valence-corrected chi connectivity index (χ2v) is 5.34. The van der Waals surface area contributed by atoms with Gasteiger partial charge in [-0.25, -0.2) is 0 Å². The van der Waals surface area contributed by atoms with E-state index in [1.807, 2.05) is 18.2 Å². The van der Waals surface area contributed by atoms with Gasteiger partial charge in [-0.1, -0.05) is 6.07 Å². The van der Waals surface area contributed by atoms with E-state index in [-0.39, 0.29) is 6.61 Å². The maximum atomic E-state index is 9.14. The Balaban J connectivity index is 1.97. The van der Waals surface area contributed by atoms with Crippen LogP contribution in [-0.4, -0.2) is 61.3 Å². The minimum atomic E-state index is 0.226. The number of benzene rings is 1. The van der Waals surface area contributed by atoms with Gasteiger partial charge in [-0.05, 0) is 37.2 Å². The van der Waals surface area contributed by atoms with Crippen molar-refractivity contribution >= 4 is 0 Å². The first kappa shape index (κ1) is 15.8. The summed E-state index contributed by atoms with van der Waals surface area (Å²) in [6.07, 6.45) is 1.11. The van der Waals surface area contributed by atoms with Crippen LogP contribution in [-0.2, 0) is 6.54 Å². The second-order valence-electron chi connectivity index (χ2n) is 5.34. The molecule has 1 aromatic carbocycles. The standard InChI is InChI=1S/C16H23N3O2/c1-21-16-4-3-14(11-15(16)12-17)13-19-6-2-5-18(7-8-19)9-10-20/h3-4,11,20H,2,5-10,13H2,1H3. The number of hydrogen-bond acceptors (Lipinski definition) is 5. The highest BCUT2D eigenvalue weighted by Crippen LogP contribution is 2.20. The van der Waals surface area contributed by atoms with Gasteiger partial charge in [-0.15, -0.1) is 0 Å². The summed E-state index contributed by atoms with van der Waals surface area (Å²) in [4.78, 5) is 4.70. The molecule has 2 rings (SSSR count). The molecule has 1 heterocycles. The summed E-state index contributed by atoms with van der Waals surface area (Å²) in [7, 11) is 1.58. The van der Waals surface area contributed by atoms with E-state index in [0.717, 1.165) is 51.3 Å². The van der Waals surface area contributed by atoms with Crippen LogP contribution in [0.3, 0.4) is 0 Å². The van der Waals surface area contributed by atoms with Crippen molar-refractivity contribution in [3.63, 3.8) is 0 Å². The van der Waals surface area contributed by atoms with Gasteiger partial charge >= 0.3 is 0 Å². The summed E-state index contributed by atoms with van der Waals surface area (Å²) < 4.78 is 5.18. The van der Waals surface area contributed by atoms with Gasteiger partial charge in [0.15, 0.2) is 0 Å². The van der Waals surface area contributed by atoms with E-state index in [2.05, 4.69) is 15.9 Å². The fourth-order valence-electron chi connectivity index (χ4n) is 2.75. The van der Waals surface area contributed by atoms with Crippen LogP contribution in [0.15, 0.2) is 18.2 Å². The fourth-order valence-corrected chi connectivity index (χ4v) is 2.75. The summed E-state index contributed by atoms with van der Waals surface area (Å²) in [5, 5.41) is 18.2. The topological polar surface area (TPSA) is 59.7 Å². The lowest BCUT2D eigenvalue weighted by atomic mass is 10.1. The Labute approximate surface area is 126 Å². The smallest absolute Gasteiger partial charge is 0.136 e. The third-order valence-corrected chi connectivity index (χ3v) is 3.89. The van der Waals surface area contributed by atoms with Gasteiger partial charge in [-0.3, -0.25) is 9.80 Å². The Hall–Kier alpha value is -1.61. The van der Waals surface area contributed by atoms with Crippen molar-refractivity contribution in [1.82, 2.24) is 9.80 Å². The molecule has 1 N–H and O–H groups in total. The van der Waals surface area contributed by atoms with E-state index >= 15 is 0 Å². The number of nitrogens with zero attached hydrogens (tertiary/aromatic N) is 3. The lowest BCUT2D eigenvalue weighted by Crippen LogP contribution is -2.32. The van der Waals surface area contributed by atoms with Crippen molar-refractivity contribution in [2.75, 3.05) is 46.4 Å². The highest BCUT2D eigenvalue weighted by atomic mass is 16.5. The average molecular weight is 289 g/mol. The van der Waals surface area contributed by atoms with Crippen molar-refractivity contribution in [3.05, 3.63) is 29.3 Å². The monoisotopic (exact) mass is 289 g/mol. The lowest BCUT2D eigenvalue weighted by Gasteiger charge is -2.21. The van der Waals surface area contributed by atoms with Gasteiger partial charge in [0.25, 0.3) is 0 Å². The number of nitriles is 1. The van der Waals surface area contributed by atoms with Gasteiger partial charge in [0.05, 0.1) is 19.3 Å². The molecule has 0 aromatic heterocycles. The van der Waals surface area contributed by atoms with Crippen molar-refractivity contribution in [3.8, 4) is 11.8 Å². The number of aliphatic hydroxyl groups excluding tert-OH is 1. The minimum absolute atomic E-state index is 0.226. The van der Waals surface area contributed by atoms with E-state index in [0.29, 0.717) is 11.3 Å². The molecule has 1 aliphatic rings. The normalized spacial score (nSPS) is 17.2. The predicted octanol–water partition coefficient (Wildman–Crippen LogP) is 1.07. The van der Waals surface area contributed by atoms with Crippen molar-refractivity contribution < 1.29 is 9.84 Å². The van der Waals surface area contributed by atoms with E-state index in [1.165, 1.54) is 0 Å². The number of hydrogen-bond donors (Lipinski definition) is 1. The summed E-state index contributed by atoms with van der Waals surface area (Å²) >= 11 is 0. The molecule has 0 aliphatic carbocycles. The molecule has 0 amide bonds. The molecular formula is C16H23N3O2. The summed E-state index contributed by atoms with van der Waals surface area (Å²) in [6, 6.07) is 7.98. The Morgan fingerprint density at radius 2 is 2.00 bits per heavy atom. The zero-order chi connectivity index (χ0) is 15.1. The lowest BCUT2D eigenvalue weighted by molar-refractivity contribution is 0.196. The second kappa shape index (κ2) is 7.99. The van der Waals surface area contributed by atoms with Gasteiger partial charge in [0.2, 0.25) is 0 Å². The van der Waals surface area contributed by atoms with Crippen molar-refractivity contribution in [2.24, 2.45) is 0 Å². The predicted molar refractivity (Wildman–Crippen MR) is 81.1 cm³/mol. The molecule has 5 nitrogen and oxygen atoms in total. The number of methoxy groups -OCH3 is 1. The number of aliphatic hydroxyl groups is 1. The Morgan fingerprint density at radius 3 is 2.71 bits per heavy atom. The highest BCUT2D eigenvalue weighted by molar-refractivity contribution is 5.45. The van der Waals surface area contributed by atoms with E-state index in [9.17, 15) is 0 Å². The first-order valence-electron chi connectivity index (χ1n) is 7.39. The van der Waals surface area contributed by atoms with E-state index < -0.39 is 0 Å². The highest BCUT2D eigenvalue weighted by Gasteiger charge is 2.15. The maximum Gasteiger partial charge on any atom is 0.136 e.